The number of hydrogen-bond acceptors (Lipinski definition) is 6. The van der Waals surface area contributed by atoms with Crippen molar-refractivity contribution in [1.29, 1.82) is 0 Å². The molecule has 9 nitrogen and oxygen atoms in total. The third-order valence-corrected chi connectivity index (χ3v) is 9.16. The van der Waals surface area contributed by atoms with Crippen molar-refractivity contribution in [1.82, 2.24) is 10.2 Å². The maximum absolute atomic E-state index is 13.7. The van der Waals surface area contributed by atoms with Crippen molar-refractivity contribution in [3.63, 3.8) is 0 Å². The molecule has 41 heavy (non-hydrogen) atoms. The van der Waals surface area contributed by atoms with Gasteiger partial charge in [-0.25, -0.2) is 8.42 Å². The van der Waals surface area contributed by atoms with Crippen LogP contribution >= 0.6 is 11.6 Å². The highest BCUT2D eigenvalue weighted by Crippen LogP contribution is 2.35. The summed E-state index contributed by atoms with van der Waals surface area (Å²) in [4.78, 5) is 28.7. The fraction of sp³-hybridized carbons (Fsp3) is 0.533. The molecule has 1 atom stereocenters. The molecule has 4 rings (SSSR count). The number of ether oxygens (including phenoxy) is 2. The zero-order valence-electron chi connectivity index (χ0n) is 23.8. The molecule has 0 aromatic heterocycles. The molecular weight excluding hydrogens is 566 g/mol. The van der Waals surface area contributed by atoms with E-state index in [0.717, 1.165) is 37.5 Å². The molecule has 2 amide bonds. The fourth-order valence-corrected chi connectivity index (χ4v) is 6.62. The number of carbonyl (C=O) groups excluding carboxylic acids is 2. The van der Waals surface area contributed by atoms with Gasteiger partial charge in [0.25, 0.3) is 0 Å². The van der Waals surface area contributed by atoms with Gasteiger partial charge in [-0.2, -0.15) is 0 Å². The van der Waals surface area contributed by atoms with Crippen molar-refractivity contribution in [3.05, 3.63) is 53.1 Å². The van der Waals surface area contributed by atoms with E-state index in [1.165, 1.54) is 10.7 Å². The van der Waals surface area contributed by atoms with Gasteiger partial charge in [-0.1, -0.05) is 56.0 Å². The van der Waals surface area contributed by atoms with Crippen molar-refractivity contribution in [2.24, 2.45) is 0 Å². The highest BCUT2D eigenvalue weighted by atomic mass is 35.5. The van der Waals surface area contributed by atoms with Crippen LogP contribution in [0.25, 0.3) is 0 Å². The third kappa shape index (κ3) is 8.29. The first kappa shape index (κ1) is 31.0. The molecule has 2 aliphatic rings. The zero-order valence-corrected chi connectivity index (χ0v) is 25.4. The minimum atomic E-state index is -3.64. The van der Waals surface area contributed by atoms with Gasteiger partial charge in [0.2, 0.25) is 21.8 Å². The number of hydrogen-bond donors (Lipinski definition) is 1. The van der Waals surface area contributed by atoms with Crippen molar-refractivity contribution >= 4 is 39.1 Å². The molecule has 1 fully saturated rings. The maximum atomic E-state index is 13.7. The van der Waals surface area contributed by atoms with Crippen LogP contribution in [0.4, 0.5) is 5.69 Å². The Kier molecular flexibility index (Phi) is 10.8. The Bertz CT molecular complexity index is 1320. The van der Waals surface area contributed by atoms with Gasteiger partial charge in [0.05, 0.1) is 11.9 Å². The van der Waals surface area contributed by atoms with E-state index in [1.54, 1.807) is 29.2 Å². The van der Waals surface area contributed by atoms with Crippen molar-refractivity contribution < 1.29 is 27.5 Å². The van der Waals surface area contributed by atoms with Crippen LogP contribution in [0, 0.1) is 0 Å². The number of halogens is 1. The summed E-state index contributed by atoms with van der Waals surface area (Å²) in [6, 6.07) is 11.7. The zero-order chi connectivity index (χ0) is 29.4. The number of rotatable bonds is 12. The monoisotopic (exact) mass is 605 g/mol. The molecular formula is C30H40ClN3O6S. The Labute approximate surface area is 248 Å². The molecule has 224 valence electrons. The second-order valence-corrected chi connectivity index (χ2v) is 13.0. The minimum absolute atomic E-state index is 0.0637. The highest BCUT2D eigenvalue weighted by Gasteiger charge is 2.31. The van der Waals surface area contributed by atoms with E-state index >= 15 is 0 Å². The summed E-state index contributed by atoms with van der Waals surface area (Å²) < 4.78 is 37.9. The molecule has 1 saturated carbocycles. The van der Waals surface area contributed by atoms with Gasteiger partial charge in [-0.05, 0) is 49.4 Å². The fourth-order valence-electron chi connectivity index (χ4n) is 5.47. The van der Waals surface area contributed by atoms with E-state index in [4.69, 9.17) is 21.1 Å². The van der Waals surface area contributed by atoms with Crippen molar-refractivity contribution in [2.45, 2.75) is 76.9 Å². The number of fused-ring (bicyclic) bond motifs is 1. The maximum Gasteiger partial charge on any atom is 0.243 e. The van der Waals surface area contributed by atoms with Crippen molar-refractivity contribution in [2.75, 3.05) is 30.3 Å². The third-order valence-electron chi connectivity index (χ3n) is 7.60. The topological polar surface area (TPSA) is 105 Å². The molecule has 0 spiro atoms. The first-order valence-corrected chi connectivity index (χ1v) is 16.6. The number of nitrogens with one attached hydrogen (secondary N) is 1. The summed E-state index contributed by atoms with van der Waals surface area (Å²) in [6.45, 7) is 3.00. The molecule has 2 aromatic carbocycles. The lowest BCUT2D eigenvalue weighted by Gasteiger charge is -2.33. The van der Waals surface area contributed by atoms with Crippen LogP contribution in [0.3, 0.4) is 0 Å². The smallest absolute Gasteiger partial charge is 0.243 e. The number of carbonyl (C=O) groups is 2. The van der Waals surface area contributed by atoms with Crippen molar-refractivity contribution in [3.8, 4) is 11.5 Å². The quantitative estimate of drug-likeness (QED) is 0.368. The average Bonchev–Trinajstić information content (AvgIpc) is 2.95. The van der Waals surface area contributed by atoms with Crippen LogP contribution in [0.2, 0.25) is 5.02 Å². The second-order valence-electron chi connectivity index (χ2n) is 10.6. The molecule has 0 saturated heterocycles. The number of amides is 2. The second kappa shape index (κ2) is 14.3. The van der Waals surface area contributed by atoms with Gasteiger partial charge in [0.1, 0.15) is 19.3 Å². The molecule has 1 N–H and O–H groups in total. The molecule has 1 aliphatic heterocycles. The van der Waals surface area contributed by atoms with E-state index in [-0.39, 0.29) is 43.8 Å². The highest BCUT2D eigenvalue weighted by molar-refractivity contribution is 7.92. The van der Waals surface area contributed by atoms with Crippen LogP contribution in [-0.2, 0) is 26.2 Å². The Morgan fingerprint density at radius 1 is 1.05 bits per heavy atom. The summed E-state index contributed by atoms with van der Waals surface area (Å²) in [5.41, 5.74) is 1.19. The lowest BCUT2D eigenvalue weighted by atomic mass is 9.95. The normalized spacial score (nSPS) is 16.1. The Morgan fingerprint density at radius 3 is 2.44 bits per heavy atom. The van der Waals surface area contributed by atoms with Crippen LogP contribution in [-0.4, -0.2) is 63.2 Å². The first-order valence-electron chi connectivity index (χ1n) is 14.4. The molecule has 0 radical (unpaired) electrons. The SMILES string of the molecule is CC[C@H](C(=O)NC1CCCCC1)N(Cc1ccccc1Cl)C(=O)CCCN(c1ccc2c(c1)OCCO2)S(C)(=O)=O. The molecule has 11 heteroatoms. The van der Waals surface area contributed by atoms with Crippen LogP contribution in [0.15, 0.2) is 42.5 Å². The van der Waals surface area contributed by atoms with Crippen LogP contribution in [0.5, 0.6) is 11.5 Å². The Balaban J connectivity index is 1.49. The molecule has 1 heterocycles. The number of anilines is 1. The van der Waals surface area contributed by atoms with Gasteiger partial charge in [0, 0.05) is 36.6 Å². The predicted molar refractivity (Wildman–Crippen MR) is 160 cm³/mol. The van der Waals surface area contributed by atoms with Crippen LogP contribution in [0.1, 0.15) is 63.9 Å². The van der Waals surface area contributed by atoms with Gasteiger partial charge in [-0.3, -0.25) is 13.9 Å². The number of nitrogens with zero attached hydrogens (tertiary/aromatic N) is 2. The molecule has 0 bridgehead atoms. The minimum Gasteiger partial charge on any atom is -0.486 e. The number of benzene rings is 2. The number of sulfonamides is 1. The standard InChI is InChI=1S/C30H40ClN3O6S/c1-3-26(30(36)32-23-11-5-4-6-12-23)33(21-22-10-7-8-13-25(22)31)29(35)14-9-17-34(41(2,37)38)24-15-16-27-28(20-24)40-19-18-39-27/h7-8,10,13,15-16,20,23,26H,3-6,9,11-12,14,17-19,21H2,1-2H3,(H,32,36)/t26-/m1/s1. The van der Waals surface area contributed by atoms with Crippen LogP contribution < -0.4 is 19.1 Å². The first-order chi connectivity index (χ1) is 19.7. The summed E-state index contributed by atoms with van der Waals surface area (Å²) in [5, 5.41) is 3.69. The van der Waals surface area contributed by atoms with Gasteiger partial charge < -0.3 is 19.7 Å². The van der Waals surface area contributed by atoms with E-state index in [2.05, 4.69) is 5.32 Å². The van der Waals surface area contributed by atoms with Gasteiger partial charge in [-0.15, -0.1) is 0 Å². The summed E-state index contributed by atoms with van der Waals surface area (Å²) in [6.07, 6.45) is 7.16. The Morgan fingerprint density at radius 2 is 1.76 bits per heavy atom. The summed E-state index contributed by atoms with van der Waals surface area (Å²) >= 11 is 6.44. The molecule has 1 aliphatic carbocycles. The predicted octanol–water partition coefficient (Wildman–Crippen LogP) is 4.91. The lowest BCUT2D eigenvalue weighted by molar-refractivity contribution is -0.141. The van der Waals surface area contributed by atoms with E-state index in [1.807, 2.05) is 25.1 Å². The molecule has 2 aromatic rings. The summed E-state index contributed by atoms with van der Waals surface area (Å²) in [7, 11) is -3.64. The Hall–Kier alpha value is -2.98. The van der Waals surface area contributed by atoms with Gasteiger partial charge >= 0.3 is 0 Å². The molecule has 0 unspecified atom stereocenters. The van der Waals surface area contributed by atoms with E-state index < -0.39 is 16.1 Å². The average molecular weight is 606 g/mol. The lowest BCUT2D eigenvalue weighted by Crippen LogP contribution is -2.51. The van der Waals surface area contributed by atoms with E-state index in [9.17, 15) is 18.0 Å². The summed E-state index contributed by atoms with van der Waals surface area (Å²) in [5.74, 6) is 0.662. The van der Waals surface area contributed by atoms with E-state index in [0.29, 0.717) is 41.8 Å². The van der Waals surface area contributed by atoms with Gasteiger partial charge in [0.15, 0.2) is 11.5 Å². The largest absolute Gasteiger partial charge is 0.486 e.